The van der Waals surface area contributed by atoms with Crippen LogP contribution >= 0.6 is 0 Å². The van der Waals surface area contributed by atoms with Crippen molar-refractivity contribution in [2.75, 3.05) is 13.2 Å². The third-order valence-electron chi connectivity index (χ3n) is 2.56. The van der Waals surface area contributed by atoms with Crippen LogP contribution in [0.15, 0.2) is 0 Å². The minimum absolute atomic E-state index is 0.278. The van der Waals surface area contributed by atoms with E-state index in [1.165, 1.54) is 0 Å². The number of ether oxygens (including phenoxy) is 2. The van der Waals surface area contributed by atoms with E-state index < -0.39 is 11.9 Å². The van der Waals surface area contributed by atoms with E-state index in [1.54, 1.807) is 0 Å². The second kappa shape index (κ2) is 13.4. The summed E-state index contributed by atoms with van der Waals surface area (Å²) < 4.78 is 9.40. The first kappa shape index (κ1) is 20.3. The van der Waals surface area contributed by atoms with Gasteiger partial charge in [-0.1, -0.05) is 41.5 Å². The topological polar surface area (TPSA) is 52.6 Å². The fraction of sp³-hybridized carbons (Fsp3) is 0.867. The molecule has 114 valence electrons. The first-order valence-corrected chi connectivity index (χ1v) is 7.16. The molecule has 0 aliphatic rings. The second-order valence-electron chi connectivity index (χ2n) is 5.11. The number of carbonyl (C=O) groups excluding carboxylic acids is 2. The van der Waals surface area contributed by atoms with Crippen LogP contribution in [0.1, 0.15) is 60.8 Å². The molecule has 0 atom stereocenters. The van der Waals surface area contributed by atoms with Crippen LogP contribution in [0.3, 0.4) is 0 Å². The first-order chi connectivity index (χ1) is 8.84. The Morgan fingerprint density at radius 1 is 0.789 bits per heavy atom. The van der Waals surface area contributed by atoms with E-state index >= 15 is 0 Å². The summed E-state index contributed by atoms with van der Waals surface area (Å²) in [6, 6.07) is 0. The minimum atomic E-state index is -0.511. The van der Waals surface area contributed by atoms with Crippen molar-refractivity contribution >= 4 is 11.9 Å². The Morgan fingerprint density at radius 3 is 1.32 bits per heavy atom. The van der Waals surface area contributed by atoms with Crippen LogP contribution in [0.2, 0.25) is 0 Å². The fourth-order valence-corrected chi connectivity index (χ4v) is 0.652. The van der Waals surface area contributed by atoms with Crippen molar-refractivity contribution in [1.82, 2.24) is 0 Å². The molecule has 0 saturated carbocycles. The van der Waals surface area contributed by atoms with Gasteiger partial charge >= 0.3 is 11.9 Å². The molecule has 0 radical (unpaired) electrons. The molecule has 0 aromatic rings. The molecule has 0 rings (SSSR count). The Kier molecular flexibility index (Phi) is 14.3. The van der Waals surface area contributed by atoms with E-state index in [-0.39, 0.29) is 6.42 Å². The largest absolute Gasteiger partial charge is 0.465 e. The molecule has 0 aromatic carbocycles. The van der Waals surface area contributed by atoms with Crippen LogP contribution in [0.25, 0.3) is 0 Å². The molecule has 0 bridgehead atoms. The summed E-state index contributed by atoms with van der Waals surface area (Å²) in [5.74, 6) is 0.681. The predicted octanol–water partition coefficient (Wildman–Crippen LogP) is 3.58. The van der Waals surface area contributed by atoms with Gasteiger partial charge < -0.3 is 9.47 Å². The van der Waals surface area contributed by atoms with Gasteiger partial charge in [0.25, 0.3) is 0 Å². The van der Waals surface area contributed by atoms with Gasteiger partial charge in [-0.25, -0.2) is 0 Å². The summed E-state index contributed by atoms with van der Waals surface area (Å²) in [5.41, 5.74) is 0. The molecular weight excluding hydrogens is 244 g/mol. The zero-order valence-electron chi connectivity index (χ0n) is 13.3. The maximum absolute atomic E-state index is 10.9. The Morgan fingerprint density at radius 2 is 1.11 bits per heavy atom. The maximum Gasteiger partial charge on any atom is 0.317 e. The number of hydrogen-bond donors (Lipinski definition) is 0. The molecule has 0 aliphatic carbocycles. The summed E-state index contributed by atoms with van der Waals surface area (Å²) in [6.45, 7) is 13.5. The first-order valence-electron chi connectivity index (χ1n) is 7.16. The molecule has 0 aromatic heterocycles. The zero-order valence-corrected chi connectivity index (χ0v) is 13.3. The lowest BCUT2D eigenvalue weighted by Gasteiger charge is -2.05. The summed E-state index contributed by atoms with van der Waals surface area (Å²) in [6.07, 6.45) is 1.24. The lowest BCUT2D eigenvalue weighted by Crippen LogP contribution is -2.14. The van der Waals surface area contributed by atoms with Crippen molar-refractivity contribution in [3.63, 3.8) is 0 Å². The Bertz CT molecular complexity index is 210. The standard InChI is InChI=1S/C9H16O4.C6H14/c1-3-5-12-8(10)7-9(11)13-6-4-2;1-5(2)6(3)4/h3-7H2,1-2H3;5-6H,1-4H3. The van der Waals surface area contributed by atoms with Gasteiger partial charge in [0.15, 0.2) is 0 Å². The fourth-order valence-electron chi connectivity index (χ4n) is 0.652. The summed E-state index contributed by atoms with van der Waals surface area (Å²) >= 11 is 0. The van der Waals surface area contributed by atoms with Crippen LogP contribution in [-0.2, 0) is 19.1 Å². The van der Waals surface area contributed by atoms with Crippen molar-refractivity contribution in [3.8, 4) is 0 Å². The van der Waals surface area contributed by atoms with Crippen LogP contribution in [-0.4, -0.2) is 25.2 Å². The maximum atomic E-state index is 10.9. The van der Waals surface area contributed by atoms with Gasteiger partial charge in [-0.05, 0) is 24.7 Å². The van der Waals surface area contributed by atoms with Gasteiger partial charge in [0.05, 0.1) is 13.2 Å². The number of esters is 2. The zero-order chi connectivity index (χ0) is 15.3. The normalized spacial score (nSPS) is 9.89. The van der Waals surface area contributed by atoms with Gasteiger partial charge in [-0.15, -0.1) is 0 Å². The van der Waals surface area contributed by atoms with Crippen LogP contribution in [0.4, 0.5) is 0 Å². The van der Waals surface area contributed by atoms with Crippen LogP contribution in [0.5, 0.6) is 0 Å². The van der Waals surface area contributed by atoms with Gasteiger partial charge in [-0.2, -0.15) is 0 Å². The average molecular weight is 274 g/mol. The van der Waals surface area contributed by atoms with Crippen molar-refractivity contribution < 1.29 is 19.1 Å². The Balaban J connectivity index is 0. The SMILES string of the molecule is CC(C)C(C)C.CCCOC(=O)CC(=O)OCCC. The molecular formula is C15H30O4. The molecule has 4 heteroatoms. The summed E-state index contributed by atoms with van der Waals surface area (Å²) in [5, 5.41) is 0. The van der Waals surface area contributed by atoms with Crippen LogP contribution in [0, 0.1) is 11.8 Å². The monoisotopic (exact) mass is 274 g/mol. The summed E-state index contributed by atoms with van der Waals surface area (Å²) in [4.78, 5) is 21.7. The molecule has 0 N–H and O–H groups in total. The lowest BCUT2D eigenvalue weighted by atomic mass is 10.0. The second-order valence-corrected chi connectivity index (χ2v) is 5.11. The molecule has 0 heterocycles. The van der Waals surface area contributed by atoms with Crippen molar-refractivity contribution in [3.05, 3.63) is 0 Å². The smallest absolute Gasteiger partial charge is 0.317 e. The van der Waals surface area contributed by atoms with E-state index in [2.05, 4.69) is 27.7 Å². The molecule has 4 nitrogen and oxygen atoms in total. The molecule has 0 unspecified atom stereocenters. The quantitative estimate of drug-likeness (QED) is 0.526. The number of hydrogen-bond acceptors (Lipinski definition) is 4. The molecule has 0 aliphatic heterocycles. The van der Waals surface area contributed by atoms with E-state index in [0.717, 1.165) is 24.7 Å². The van der Waals surface area contributed by atoms with E-state index in [9.17, 15) is 9.59 Å². The molecule has 0 amide bonds. The van der Waals surface area contributed by atoms with Crippen molar-refractivity contribution in [2.45, 2.75) is 60.8 Å². The third kappa shape index (κ3) is 16.9. The molecule has 0 saturated heterocycles. The molecule has 0 fully saturated rings. The van der Waals surface area contributed by atoms with Gasteiger partial charge in [0, 0.05) is 0 Å². The van der Waals surface area contributed by atoms with E-state index in [0.29, 0.717) is 13.2 Å². The highest BCUT2D eigenvalue weighted by molar-refractivity contribution is 5.91. The van der Waals surface area contributed by atoms with E-state index in [1.807, 2.05) is 13.8 Å². The highest BCUT2D eigenvalue weighted by atomic mass is 16.6. The molecule has 0 spiro atoms. The Hall–Kier alpha value is -1.06. The number of rotatable bonds is 7. The van der Waals surface area contributed by atoms with Gasteiger partial charge in [-0.3, -0.25) is 9.59 Å². The van der Waals surface area contributed by atoms with Gasteiger partial charge in [0.1, 0.15) is 6.42 Å². The average Bonchev–Trinajstić information content (AvgIpc) is 2.34. The highest BCUT2D eigenvalue weighted by Gasteiger charge is 2.10. The summed E-state index contributed by atoms with van der Waals surface area (Å²) in [7, 11) is 0. The van der Waals surface area contributed by atoms with Crippen molar-refractivity contribution in [2.24, 2.45) is 11.8 Å². The van der Waals surface area contributed by atoms with Crippen LogP contribution < -0.4 is 0 Å². The third-order valence-corrected chi connectivity index (χ3v) is 2.56. The van der Waals surface area contributed by atoms with Crippen molar-refractivity contribution in [1.29, 1.82) is 0 Å². The lowest BCUT2D eigenvalue weighted by molar-refractivity contribution is -0.154. The predicted molar refractivity (Wildman–Crippen MR) is 76.8 cm³/mol. The molecule has 19 heavy (non-hydrogen) atoms. The van der Waals surface area contributed by atoms with Gasteiger partial charge in [0.2, 0.25) is 0 Å². The van der Waals surface area contributed by atoms with E-state index in [4.69, 9.17) is 9.47 Å². The minimum Gasteiger partial charge on any atom is -0.465 e. The Labute approximate surface area is 117 Å². The highest BCUT2D eigenvalue weighted by Crippen LogP contribution is 2.05. The number of carbonyl (C=O) groups is 2.